The summed E-state index contributed by atoms with van der Waals surface area (Å²) in [4.78, 5) is 25.2. The number of carbonyl (C=O) groups excluding carboxylic acids is 2. The lowest BCUT2D eigenvalue weighted by Gasteiger charge is -2.30. The van der Waals surface area contributed by atoms with Gasteiger partial charge in [0.25, 0.3) is 0 Å². The first-order valence-electron chi connectivity index (χ1n) is 10.2. The summed E-state index contributed by atoms with van der Waals surface area (Å²) < 4.78 is 11.8. The Balaban J connectivity index is 1.90. The molecule has 1 fully saturated rings. The summed E-state index contributed by atoms with van der Waals surface area (Å²) in [6, 6.07) is 6.53. The first-order valence-corrected chi connectivity index (χ1v) is 10.2. The molecule has 0 bridgehead atoms. The number of benzene rings is 1. The molecule has 1 aliphatic carbocycles. The van der Waals surface area contributed by atoms with Gasteiger partial charge < -0.3 is 20.1 Å². The van der Waals surface area contributed by atoms with Crippen LogP contribution in [0.25, 0.3) is 0 Å². The zero-order valence-electron chi connectivity index (χ0n) is 16.9. The number of urea groups is 1. The summed E-state index contributed by atoms with van der Waals surface area (Å²) in [7, 11) is 0. The van der Waals surface area contributed by atoms with Gasteiger partial charge in [-0.25, -0.2) is 9.59 Å². The van der Waals surface area contributed by atoms with Crippen molar-refractivity contribution in [1.82, 2.24) is 10.6 Å². The highest BCUT2D eigenvalue weighted by Gasteiger charge is 2.35. The quantitative estimate of drug-likeness (QED) is 0.582. The smallest absolute Gasteiger partial charge is 0.338 e. The third-order valence-corrected chi connectivity index (χ3v) is 5.16. The third-order valence-electron chi connectivity index (χ3n) is 5.16. The Kier molecular flexibility index (Phi) is 6.60. The number of carbonyl (C=O) groups is 2. The molecule has 6 nitrogen and oxygen atoms in total. The Hall–Kier alpha value is -2.50. The molecule has 1 heterocycles. The van der Waals surface area contributed by atoms with E-state index in [9.17, 15) is 9.59 Å². The zero-order valence-corrected chi connectivity index (χ0v) is 16.9. The lowest BCUT2D eigenvalue weighted by atomic mass is 9.94. The van der Waals surface area contributed by atoms with E-state index in [0.717, 1.165) is 31.2 Å². The van der Waals surface area contributed by atoms with Crippen molar-refractivity contribution in [3.8, 4) is 5.75 Å². The van der Waals surface area contributed by atoms with E-state index < -0.39 is 6.04 Å². The van der Waals surface area contributed by atoms with Crippen LogP contribution in [0.3, 0.4) is 0 Å². The maximum absolute atomic E-state index is 13.1. The van der Waals surface area contributed by atoms with Crippen LogP contribution in [-0.2, 0) is 9.53 Å². The van der Waals surface area contributed by atoms with Crippen molar-refractivity contribution in [3.05, 3.63) is 41.1 Å². The Morgan fingerprint density at radius 3 is 2.46 bits per heavy atom. The number of amides is 2. The van der Waals surface area contributed by atoms with E-state index in [2.05, 4.69) is 10.6 Å². The minimum Gasteiger partial charge on any atom is -0.491 e. The van der Waals surface area contributed by atoms with Gasteiger partial charge in [-0.1, -0.05) is 31.0 Å². The molecular weight excluding hydrogens is 356 g/mol. The number of nitrogens with one attached hydrogen (secondary N) is 2. The van der Waals surface area contributed by atoms with Crippen LogP contribution in [0.2, 0.25) is 0 Å². The Bertz CT molecular complexity index is 749. The molecule has 0 radical (unpaired) electrons. The summed E-state index contributed by atoms with van der Waals surface area (Å²) in [6.07, 6.45) is 6.26. The molecule has 1 saturated carbocycles. The van der Waals surface area contributed by atoms with Crippen molar-refractivity contribution >= 4 is 12.0 Å². The number of hydrogen-bond acceptors (Lipinski definition) is 4. The van der Waals surface area contributed by atoms with Crippen molar-refractivity contribution in [2.75, 3.05) is 0 Å². The van der Waals surface area contributed by atoms with Gasteiger partial charge in [0.15, 0.2) is 0 Å². The number of esters is 1. The van der Waals surface area contributed by atoms with E-state index in [0.29, 0.717) is 17.0 Å². The average Bonchev–Trinajstić information content (AvgIpc) is 2.89. The number of hydrogen-bond donors (Lipinski definition) is 2. The van der Waals surface area contributed by atoms with Crippen LogP contribution in [0.15, 0.2) is 35.5 Å². The van der Waals surface area contributed by atoms with Crippen LogP contribution >= 0.6 is 0 Å². The van der Waals surface area contributed by atoms with Crippen LogP contribution < -0.4 is 15.4 Å². The molecule has 1 aliphatic heterocycles. The van der Waals surface area contributed by atoms with E-state index in [4.69, 9.17) is 9.47 Å². The van der Waals surface area contributed by atoms with Gasteiger partial charge in [-0.2, -0.15) is 0 Å². The van der Waals surface area contributed by atoms with Crippen LogP contribution in [0.5, 0.6) is 5.75 Å². The van der Waals surface area contributed by atoms with E-state index in [1.54, 1.807) is 6.92 Å². The highest BCUT2D eigenvalue weighted by molar-refractivity contribution is 5.95. The van der Waals surface area contributed by atoms with Crippen LogP contribution in [0, 0.1) is 0 Å². The minimum atomic E-state index is -0.609. The molecule has 28 heavy (non-hydrogen) atoms. The molecule has 3 rings (SSSR count). The predicted octanol–water partition coefficient (Wildman–Crippen LogP) is 4.37. The molecule has 1 unspecified atom stereocenters. The third kappa shape index (κ3) is 4.86. The molecule has 0 aromatic heterocycles. The van der Waals surface area contributed by atoms with Gasteiger partial charge in [0, 0.05) is 11.3 Å². The van der Waals surface area contributed by atoms with Crippen LogP contribution in [0.4, 0.5) is 4.79 Å². The number of allylic oxidation sites excluding steroid dienone is 1. The topological polar surface area (TPSA) is 76.7 Å². The second kappa shape index (κ2) is 9.13. The fourth-order valence-corrected chi connectivity index (χ4v) is 3.85. The maximum Gasteiger partial charge on any atom is 0.338 e. The molecule has 2 N–H and O–H groups in total. The Labute approximate surface area is 166 Å². The highest BCUT2D eigenvalue weighted by atomic mass is 16.5. The molecule has 0 saturated heterocycles. The van der Waals surface area contributed by atoms with Gasteiger partial charge in [0.05, 0.1) is 17.7 Å². The summed E-state index contributed by atoms with van der Waals surface area (Å²) in [5, 5.41) is 5.58. The van der Waals surface area contributed by atoms with Gasteiger partial charge in [0.1, 0.15) is 11.9 Å². The summed E-state index contributed by atoms with van der Waals surface area (Å²) in [5.74, 6) is 0.276. The number of para-hydroxylation sites is 1. The van der Waals surface area contributed by atoms with Gasteiger partial charge in [-0.15, -0.1) is 0 Å². The van der Waals surface area contributed by atoms with Crippen LogP contribution in [0.1, 0.15) is 70.9 Å². The summed E-state index contributed by atoms with van der Waals surface area (Å²) in [6.45, 7) is 5.63. The van der Waals surface area contributed by atoms with Gasteiger partial charge in [-0.3, -0.25) is 0 Å². The highest BCUT2D eigenvalue weighted by Crippen LogP contribution is 2.34. The SMILES string of the molecule is CC1=C(C(=O)OC2CCCCCC2)C(c2ccccc2OC(C)C)NC(=O)N1. The lowest BCUT2D eigenvalue weighted by Crippen LogP contribution is -2.45. The zero-order chi connectivity index (χ0) is 20.1. The van der Waals surface area contributed by atoms with Crippen molar-refractivity contribution in [3.63, 3.8) is 0 Å². The van der Waals surface area contributed by atoms with E-state index in [1.165, 1.54) is 12.8 Å². The van der Waals surface area contributed by atoms with E-state index in [1.807, 2.05) is 38.1 Å². The summed E-state index contributed by atoms with van der Waals surface area (Å²) >= 11 is 0. The normalized spacial score (nSPS) is 21.0. The predicted molar refractivity (Wildman–Crippen MR) is 107 cm³/mol. The fourth-order valence-electron chi connectivity index (χ4n) is 3.85. The second-order valence-electron chi connectivity index (χ2n) is 7.79. The van der Waals surface area contributed by atoms with Gasteiger partial charge in [-0.05, 0) is 52.5 Å². The van der Waals surface area contributed by atoms with Crippen molar-refractivity contribution in [2.24, 2.45) is 0 Å². The molecule has 2 aliphatic rings. The first-order chi connectivity index (χ1) is 13.5. The Morgan fingerprint density at radius 2 is 1.79 bits per heavy atom. The standard InChI is InChI=1S/C22H30N2O4/c1-14(2)27-18-13-9-8-12-17(18)20-19(15(3)23-22(26)24-20)21(25)28-16-10-6-4-5-7-11-16/h8-9,12-14,16,20H,4-7,10-11H2,1-3H3,(H2,23,24,26). The molecular formula is C22H30N2O4. The maximum atomic E-state index is 13.1. The van der Waals surface area contributed by atoms with Gasteiger partial charge in [0.2, 0.25) is 0 Å². The van der Waals surface area contributed by atoms with E-state index >= 15 is 0 Å². The molecule has 1 aromatic carbocycles. The average molecular weight is 386 g/mol. The molecule has 6 heteroatoms. The monoisotopic (exact) mass is 386 g/mol. The Morgan fingerprint density at radius 1 is 1.11 bits per heavy atom. The number of rotatable bonds is 5. The lowest BCUT2D eigenvalue weighted by molar-refractivity contribution is -0.145. The molecule has 152 valence electrons. The second-order valence-corrected chi connectivity index (χ2v) is 7.79. The first kappa shape index (κ1) is 20.2. The molecule has 0 spiro atoms. The number of ether oxygens (including phenoxy) is 2. The summed E-state index contributed by atoms with van der Waals surface area (Å²) in [5.41, 5.74) is 1.70. The largest absolute Gasteiger partial charge is 0.491 e. The van der Waals surface area contributed by atoms with E-state index in [-0.39, 0.29) is 24.2 Å². The molecule has 1 aromatic rings. The van der Waals surface area contributed by atoms with Crippen LogP contribution in [-0.4, -0.2) is 24.2 Å². The van der Waals surface area contributed by atoms with Gasteiger partial charge >= 0.3 is 12.0 Å². The minimum absolute atomic E-state index is 0.0231. The van der Waals surface area contributed by atoms with Crippen molar-refractivity contribution in [2.45, 2.75) is 77.5 Å². The molecule has 1 atom stereocenters. The van der Waals surface area contributed by atoms with Crippen molar-refractivity contribution < 1.29 is 19.1 Å². The fraction of sp³-hybridized carbons (Fsp3) is 0.545. The molecule has 2 amide bonds. The van der Waals surface area contributed by atoms with Crippen molar-refractivity contribution in [1.29, 1.82) is 0 Å².